The van der Waals surface area contributed by atoms with Crippen LogP contribution in [0.3, 0.4) is 0 Å². The van der Waals surface area contributed by atoms with Crippen LogP contribution in [0.5, 0.6) is 0 Å². The van der Waals surface area contributed by atoms with Gasteiger partial charge in [-0.1, -0.05) is 166 Å². The molecule has 0 saturated carbocycles. The molecule has 0 aromatic rings. The molecule has 9 nitrogen and oxygen atoms in total. The van der Waals surface area contributed by atoms with Crippen LogP contribution < -0.4 is 4.89 Å². The SMILES string of the molecule is CC/C=C\C/C=C\C/C=C\CCCCCCCCCC(=O)OC(COC(=O)CCCCCCCCCCCCCCCC)COP(=O)([O-])OCC[N+](C)(C)C. The zero-order chi connectivity index (χ0) is 40.7. The van der Waals surface area contributed by atoms with Crippen molar-refractivity contribution in [2.75, 3.05) is 47.5 Å². The maximum Gasteiger partial charge on any atom is 0.306 e. The van der Waals surface area contributed by atoms with Crippen LogP contribution in [0.15, 0.2) is 36.5 Å². The quantitative estimate of drug-likeness (QED) is 0.0198. The fraction of sp³-hybridized carbons (Fsp3) is 0.822. The average Bonchev–Trinajstić information content (AvgIpc) is 3.13. The molecule has 0 saturated heterocycles. The van der Waals surface area contributed by atoms with E-state index in [2.05, 4.69) is 50.3 Å². The molecule has 0 rings (SSSR count). The number of hydrogen-bond acceptors (Lipinski definition) is 8. The molecule has 0 aliphatic carbocycles. The van der Waals surface area contributed by atoms with Crippen molar-refractivity contribution in [3.8, 4) is 0 Å². The van der Waals surface area contributed by atoms with Gasteiger partial charge in [-0.25, -0.2) is 0 Å². The first kappa shape index (κ1) is 53.2. The minimum Gasteiger partial charge on any atom is -0.756 e. The Bertz CT molecular complexity index is 1040. The Morgan fingerprint density at radius 3 is 1.55 bits per heavy atom. The number of rotatable bonds is 40. The highest BCUT2D eigenvalue weighted by atomic mass is 31.2. The molecule has 0 aliphatic rings. The summed E-state index contributed by atoms with van der Waals surface area (Å²) >= 11 is 0. The Balaban J connectivity index is 4.35. The Morgan fingerprint density at radius 1 is 0.582 bits per heavy atom. The van der Waals surface area contributed by atoms with Crippen LogP contribution in [0.4, 0.5) is 0 Å². The van der Waals surface area contributed by atoms with Gasteiger partial charge in [-0.2, -0.15) is 0 Å². The summed E-state index contributed by atoms with van der Waals surface area (Å²) in [5, 5.41) is 0. The summed E-state index contributed by atoms with van der Waals surface area (Å²) in [5.74, 6) is -0.842. The number of nitrogens with zero attached hydrogens (tertiary/aromatic N) is 1. The minimum atomic E-state index is -4.62. The summed E-state index contributed by atoms with van der Waals surface area (Å²) in [7, 11) is 1.16. The van der Waals surface area contributed by atoms with Crippen LogP contribution in [-0.4, -0.2) is 70.0 Å². The lowest BCUT2D eigenvalue weighted by Crippen LogP contribution is -2.37. The van der Waals surface area contributed by atoms with Crippen molar-refractivity contribution in [1.82, 2.24) is 0 Å². The summed E-state index contributed by atoms with van der Waals surface area (Å²) in [6, 6.07) is 0. The van der Waals surface area contributed by atoms with Crippen LogP contribution >= 0.6 is 7.82 Å². The second-order valence-corrected chi connectivity index (χ2v) is 17.4. The van der Waals surface area contributed by atoms with Gasteiger partial charge in [0.15, 0.2) is 6.10 Å². The van der Waals surface area contributed by atoms with Crippen LogP contribution in [0, 0.1) is 0 Å². The van der Waals surface area contributed by atoms with Crippen molar-refractivity contribution >= 4 is 19.8 Å². The van der Waals surface area contributed by atoms with Crippen molar-refractivity contribution in [2.45, 2.75) is 193 Å². The van der Waals surface area contributed by atoms with Gasteiger partial charge in [0, 0.05) is 12.8 Å². The zero-order valence-electron chi connectivity index (χ0n) is 36.1. The van der Waals surface area contributed by atoms with Crippen LogP contribution in [0.2, 0.25) is 0 Å². The third kappa shape index (κ3) is 41.7. The van der Waals surface area contributed by atoms with Gasteiger partial charge < -0.3 is 27.9 Å². The topological polar surface area (TPSA) is 111 Å². The number of phosphoric acid groups is 1. The van der Waals surface area contributed by atoms with Gasteiger partial charge in [0.25, 0.3) is 7.82 Å². The van der Waals surface area contributed by atoms with E-state index in [1.807, 2.05) is 21.1 Å². The van der Waals surface area contributed by atoms with E-state index < -0.39 is 26.5 Å². The molecule has 0 aromatic heterocycles. The molecule has 0 spiro atoms. The zero-order valence-corrected chi connectivity index (χ0v) is 37.0. The summed E-state index contributed by atoms with van der Waals surface area (Å²) in [6.07, 6.45) is 41.6. The smallest absolute Gasteiger partial charge is 0.306 e. The number of ether oxygens (including phenoxy) is 2. The number of hydrogen-bond donors (Lipinski definition) is 0. The van der Waals surface area contributed by atoms with Crippen LogP contribution in [0.25, 0.3) is 0 Å². The van der Waals surface area contributed by atoms with Gasteiger partial charge in [0.05, 0.1) is 27.7 Å². The predicted molar refractivity (Wildman–Crippen MR) is 227 cm³/mol. The van der Waals surface area contributed by atoms with E-state index in [4.69, 9.17) is 18.5 Å². The van der Waals surface area contributed by atoms with Crippen molar-refractivity contribution < 1.29 is 42.1 Å². The Labute approximate surface area is 338 Å². The standard InChI is InChI=1S/C45H84NO8P/c1-6-8-10-12-14-16-18-20-22-23-24-26-28-30-32-34-36-38-45(48)54-43(42-53-55(49,50)52-40-39-46(3,4)5)41-51-44(47)37-35-33-31-29-27-25-21-19-17-15-13-11-9-7-2/h8,10,14,16,20,22,43H,6-7,9,11-13,15,17-19,21,23-42H2,1-5H3/b10-8-,16-14-,22-20-. The summed E-state index contributed by atoms with van der Waals surface area (Å²) in [6.45, 7) is 4.11. The molecule has 0 aromatic carbocycles. The molecule has 0 N–H and O–H groups in total. The van der Waals surface area contributed by atoms with E-state index >= 15 is 0 Å². The Kier molecular flexibility index (Phi) is 36.6. The van der Waals surface area contributed by atoms with Gasteiger partial charge in [0.2, 0.25) is 0 Å². The first-order valence-corrected chi connectivity index (χ1v) is 23.7. The van der Waals surface area contributed by atoms with Crippen molar-refractivity contribution in [3.63, 3.8) is 0 Å². The molecule has 2 unspecified atom stereocenters. The highest BCUT2D eigenvalue weighted by molar-refractivity contribution is 7.45. The molecule has 0 fully saturated rings. The Hall–Kier alpha value is -1.77. The van der Waals surface area contributed by atoms with Crippen molar-refractivity contribution in [3.05, 3.63) is 36.5 Å². The number of quaternary nitrogens is 1. The first-order valence-electron chi connectivity index (χ1n) is 22.2. The fourth-order valence-corrected chi connectivity index (χ4v) is 6.69. The lowest BCUT2D eigenvalue weighted by molar-refractivity contribution is -0.870. The first-order chi connectivity index (χ1) is 26.5. The summed E-state index contributed by atoms with van der Waals surface area (Å²) < 4.78 is 33.9. The maximum atomic E-state index is 12.7. The number of carbonyl (C=O) groups excluding carboxylic acids is 2. The lowest BCUT2D eigenvalue weighted by Gasteiger charge is -2.28. The van der Waals surface area contributed by atoms with E-state index in [-0.39, 0.29) is 32.0 Å². The van der Waals surface area contributed by atoms with Gasteiger partial charge >= 0.3 is 11.9 Å². The highest BCUT2D eigenvalue weighted by Gasteiger charge is 2.21. The number of phosphoric ester groups is 1. The van der Waals surface area contributed by atoms with Gasteiger partial charge in [-0.05, 0) is 44.9 Å². The normalized spacial score (nSPS) is 13.9. The highest BCUT2D eigenvalue weighted by Crippen LogP contribution is 2.38. The number of esters is 2. The molecule has 2 atom stereocenters. The monoisotopic (exact) mass is 798 g/mol. The molecular formula is C45H84NO8P. The number of unbranched alkanes of at least 4 members (excludes halogenated alkanes) is 20. The third-order valence-corrected chi connectivity index (χ3v) is 10.4. The second kappa shape index (κ2) is 37.8. The fourth-order valence-electron chi connectivity index (χ4n) is 5.96. The summed E-state index contributed by atoms with van der Waals surface area (Å²) in [4.78, 5) is 37.5. The molecule has 10 heteroatoms. The second-order valence-electron chi connectivity index (χ2n) is 16.0. The largest absolute Gasteiger partial charge is 0.756 e. The number of carbonyl (C=O) groups is 2. The number of likely N-dealkylation sites (N-methyl/N-ethyl adjacent to an activating group) is 1. The van der Waals surface area contributed by atoms with Crippen molar-refractivity contribution in [2.24, 2.45) is 0 Å². The van der Waals surface area contributed by atoms with E-state index in [1.165, 1.54) is 89.9 Å². The molecule has 0 heterocycles. The lowest BCUT2D eigenvalue weighted by atomic mass is 10.0. The molecule has 0 aliphatic heterocycles. The van der Waals surface area contributed by atoms with E-state index in [0.29, 0.717) is 17.4 Å². The van der Waals surface area contributed by atoms with E-state index in [1.54, 1.807) is 0 Å². The van der Waals surface area contributed by atoms with E-state index in [9.17, 15) is 19.0 Å². The van der Waals surface area contributed by atoms with Gasteiger partial charge in [0.1, 0.15) is 19.8 Å². The molecule has 55 heavy (non-hydrogen) atoms. The molecule has 322 valence electrons. The average molecular weight is 798 g/mol. The summed E-state index contributed by atoms with van der Waals surface area (Å²) in [5.41, 5.74) is 0. The molecular weight excluding hydrogens is 713 g/mol. The van der Waals surface area contributed by atoms with Gasteiger partial charge in [-0.15, -0.1) is 0 Å². The Morgan fingerprint density at radius 2 is 1.04 bits per heavy atom. The van der Waals surface area contributed by atoms with Crippen molar-refractivity contribution in [1.29, 1.82) is 0 Å². The number of allylic oxidation sites excluding steroid dienone is 6. The predicted octanol–water partition coefficient (Wildman–Crippen LogP) is 11.9. The molecule has 0 amide bonds. The van der Waals surface area contributed by atoms with Crippen LogP contribution in [-0.2, 0) is 32.7 Å². The van der Waals surface area contributed by atoms with E-state index in [0.717, 1.165) is 64.2 Å². The van der Waals surface area contributed by atoms with Gasteiger partial charge in [-0.3, -0.25) is 14.2 Å². The molecule has 0 radical (unpaired) electrons. The third-order valence-electron chi connectivity index (χ3n) is 9.42. The van der Waals surface area contributed by atoms with Crippen LogP contribution in [0.1, 0.15) is 187 Å². The molecule has 0 bridgehead atoms. The maximum absolute atomic E-state index is 12.7. The minimum absolute atomic E-state index is 0.0323.